The third-order valence-corrected chi connectivity index (χ3v) is 4.29. The van der Waals surface area contributed by atoms with Crippen LogP contribution < -0.4 is 5.73 Å². The van der Waals surface area contributed by atoms with E-state index in [-0.39, 0.29) is 5.54 Å². The van der Waals surface area contributed by atoms with E-state index in [0.717, 1.165) is 32.2 Å². The number of likely N-dealkylation sites (N-methyl/N-ethyl adjacent to an activating group) is 1. The van der Waals surface area contributed by atoms with Gasteiger partial charge in [0.05, 0.1) is 0 Å². The van der Waals surface area contributed by atoms with Gasteiger partial charge in [-0.2, -0.15) is 0 Å². The molecular weight excluding hydrogens is 260 g/mol. The van der Waals surface area contributed by atoms with Gasteiger partial charge in [0.2, 0.25) is 0 Å². The summed E-state index contributed by atoms with van der Waals surface area (Å²) in [4.78, 5) is 4.59. The molecule has 112 valence electrons. The van der Waals surface area contributed by atoms with Crippen molar-refractivity contribution in [2.75, 3.05) is 39.8 Å². The zero-order chi connectivity index (χ0) is 14.8. The minimum atomic E-state index is -0.541. The van der Waals surface area contributed by atoms with Gasteiger partial charge in [0.15, 0.2) is 0 Å². The monoisotopic (exact) mass is 283 g/mol. The van der Waals surface area contributed by atoms with Crippen LogP contribution in [0.5, 0.6) is 0 Å². The molecule has 20 heavy (non-hydrogen) atoms. The second-order valence-electron chi connectivity index (χ2n) is 5.90. The lowest BCUT2D eigenvalue weighted by Gasteiger charge is -2.45. The lowest BCUT2D eigenvalue weighted by atomic mass is 9.90. The number of nitrogens with two attached hydrogens (primary N) is 1. The predicted octanol–water partition coefficient (Wildman–Crippen LogP) is 1.47. The van der Waals surface area contributed by atoms with Crippen LogP contribution in [0.2, 0.25) is 0 Å². The van der Waals surface area contributed by atoms with Crippen LogP contribution in [-0.2, 0) is 6.42 Å². The van der Waals surface area contributed by atoms with Crippen LogP contribution in [0.25, 0.3) is 0 Å². The van der Waals surface area contributed by atoms with Crippen LogP contribution in [0.1, 0.15) is 12.5 Å². The molecule has 1 aliphatic rings. The number of nitrogens with zero attached hydrogens (tertiary/aromatic N) is 2. The number of halogens is 2. The van der Waals surface area contributed by atoms with Crippen LogP contribution in [0.3, 0.4) is 0 Å². The Balaban J connectivity index is 2.14. The summed E-state index contributed by atoms with van der Waals surface area (Å²) in [5, 5.41) is 0. The fraction of sp³-hybridized carbons (Fsp3) is 0.600. The molecular formula is C15H23F2N3. The van der Waals surface area contributed by atoms with Crippen LogP contribution in [0.15, 0.2) is 18.2 Å². The summed E-state index contributed by atoms with van der Waals surface area (Å²) >= 11 is 0. The van der Waals surface area contributed by atoms with E-state index in [1.54, 1.807) is 0 Å². The second-order valence-corrected chi connectivity index (χ2v) is 5.90. The van der Waals surface area contributed by atoms with Gasteiger partial charge in [0, 0.05) is 44.3 Å². The van der Waals surface area contributed by atoms with E-state index < -0.39 is 11.6 Å². The highest BCUT2D eigenvalue weighted by Crippen LogP contribution is 2.23. The molecule has 1 fully saturated rings. The molecule has 0 radical (unpaired) electrons. The topological polar surface area (TPSA) is 32.5 Å². The molecule has 1 unspecified atom stereocenters. The molecule has 0 saturated carbocycles. The molecule has 1 atom stereocenters. The Labute approximate surface area is 119 Å². The lowest BCUT2D eigenvalue weighted by Crippen LogP contribution is -2.59. The quantitative estimate of drug-likeness (QED) is 0.908. The summed E-state index contributed by atoms with van der Waals surface area (Å²) in [6.07, 6.45) is 0.499. The molecule has 5 heteroatoms. The van der Waals surface area contributed by atoms with Crippen molar-refractivity contribution in [2.45, 2.75) is 18.9 Å². The number of hydrogen-bond acceptors (Lipinski definition) is 3. The van der Waals surface area contributed by atoms with Crippen molar-refractivity contribution in [2.24, 2.45) is 5.73 Å². The van der Waals surface area contributed by atoms with E-state index in [0.29, 0.717) is 18.5 Å². The van der Waals surface area contributed by atoms with Gasteiger partial charge in [0.1, 0.15) is 11.6 Å². The van der Waals surface area contributed by atoms with Crippen molar-refractivity contribution >= 4 is 0 Å². The summed E-state index contributed by atoms with van der Waals surface area (Å²) in [5.74, 6) is -1.03. The van der Waals surface area contributed by atoms with Crippen molar-refractivity contribution in [3.05, 3.63) is 35.4 Å². The van der Waals surface area contributed by atoms with Crippen LogP contribution >= 0.6 is 0 Å². The lowest BCUT2D eigenvalue weighted by molar-refractivity contribution is 0.0554. The third-order valence-electron chi connectivity index (χ3n) is 4.29. The molecule has 1 aromatic carbocycles. The molecule has 1 aromatic rings. The Hall–Kier alpha value is -1.04. The molecule has 1 saturated heterocycles. The minimum Gasteiger partial charge on any atom is -0.329 e. The van der Waals surface area contributed by atoms with Gasteiger partial charge in [-0.05, 0) is 32.0 Å². The van der Waals surface area contributed by atoms with E-state index in [4.69, 9.17) is 5.73 Å². The van der Waals surface area contributed by atoms with Crippen molar-refractivity contribution in [1.29, 1.82) is 0 Å². The largest absolute Gasteiger partial charge is 0.329 e. The van der Waals surface area contributed by atoms with E-state index in [2.05, 4.69) is 23.8 Å². The highest BCUT2D eigenvalue weighted by molar-refractivity contribution is 5.21. The first kappa shape index (κ1) is 15.4. The summed E-state index contributed by atoms with van der Waals surface area (Å²) in [6, 6.07) is 3.77. The van der Waals surface area contributed by atoms with Crippen molar-refractivity contribution in [1.82, 2.24) is 9.80 Å². The summed E-state index contributed by atoms with van der Waals surface area (Å²) in [7, 11) is 2.09. The van der Waals surface area contributed by atoms with E-state index >= 15 is 0 Å². The standard InChI is InChI=1S/C15H23F2N3/c1-15(11-18,20-7-5-19(2)6-8-20)10-12-3-4-13(16)9-14(12)17/h3-4,9H,5-8,10-11,18H2,1-2H3. The third kappa shape index (κ3) is 3.34. The first-order valence-electron chi connectivity index (χ1n) is 7.02. The maximum atomic E-state index is 13.8. The van der Waals surface area contributed by atoms with E-state index in [1.165, 1.54) is 12.1 Å². The molecule has 0 aromatic heterocycles. The maximum Gasteiger partial charge on any atom is 0.129 e. The van der Waals surface area contributed by atoms with Gasteiger partial charge >= 0.3 is 0 Å². The SMILES string of the molecule is CN1CCN(C(C)(CN)Cc2ccc(F)cc2F)CC1. The molecule has 0 amide bonds. The molecule has 0 aliphatic carbocycles. The summed E-state index contributed by atoms with van der Waals surface area (Å²) in [6.45, 7) is 6.33. The molecule has 2 rings (SSSR count). The van der Waals surface area contributed by atoms with Gasteiger partial charge < -0.3 is 10.6 Å². The Kier molecular flexibility index (Phi) is 4.73. The highest BCUT2D eigenvalue weighted by Gasteiger charge is 2.33. The van der Waals surface area contributed by atoms with Gasteiger partial charge in [-0.3, -0.25) is 4.90 Å². The van der Waals surface area contributed by atoms with E-state index in [1.807, 2.05) is 0 Å². The number of hydrogen-bond donors (Lipinski definition) is 1. The molecule has 0 bridgehead atoms. The zero-order valence-electron chi connectivity index (χ0n) is 12.2. The molecule has 1 heterocycles. The maximum absolute atomic E-state index is 13.8. The predicted molar refractivity (Wildman–Crippen MR) is 76.6 cm³/mol. The Morgan fingerprint density at radius 2 is 1.85 bits per heavy atom. The van der Waals surface area contributed by atoms with Gasteiger partial charge in [-0.25, -0.2) is 8.78 Å². The minimum absolute atomic E-state index is 0.292. The number of rotatable bonds is 4. The van der Waals surface area contributed by atoms with E-state index in [9.17, 15) is 8.78 Å². The van der Waals surface area contributed by atoms with Crippen LogP contribution in [0.4, 0.5) is 8.78 Å². The van der Waals surface area contributed by atoms with Crippen LogP contribution in [-0.4, -0.2) is 55.1 Å². The van der Waals surface area contributed by atoms with Crippen molar-refractivity contribution in [3.8, 4) is 0 Å². The fourth-order valence-corrected chi connectivity index (χ4v) is 2.73. The first-order chi connectivity index (χ1) is 9.44. The second kappa shape index (κ2) is 6.16. The molecule has 1 aliphatic heterocycles. The van der Waals surface area contributed by atoms with Gasteiger partial charge in [-0.1, -0.05) is 6.07 Å². The molecule has 0 spiro atoms. The average molecular weight is 283 g/mol. The summed E-state index contributed by atoms with van der Waals surface area (Å²) in [5.41, 5.74) is 6.18. The highest BCUT2D eigenvalue weighted by atomic mass is 19.1. The normalized spacial score (nSPS) is 20.9. The fourth-order valence-electron chi connectivity index (χ4n) is 2.73. The Bertz CT molecular complexity index is 458. The molecule has 2 N–H and O–H groups in total. The number of benzene rings is 1. The smallest absolute Gasteiger partial charge is 0.129 e. The Morgan fingerprint density at radius 3 is 2.40 bits per heavy atom. The van der Waals surface area contributed by atoms with Crippen LogP contribution in [0, 0.1) is 11.6 Å². The van der Waals surface area contributed by atoms with Gasteiger partial charge in [-0.15, -0.1) is 0 Å². The average Bonchev–Trinajstić information content (AvgIpc) is 2.42. The van der Waals surface area contributed by atoms with Gasteiger partial charge in [0.25, 0.3) is 0 Å². The van der Waals surface area contributed by atoms with Crippen molar-refractivity contribution in [3.63, 3.8) is 0 Å². The van der Waals surface area contributed by atoms with Crippen molar-refractivity contribution < 1.29 is 8.78 Å². The first-order valence-corrected chi connectivity index (χ1v) is 7.02. The molecule has 3 nitrogen and oxygen atoms in total. The number of piperazine rings is 1. The Morgan fingerprint density at radius 1 is 1.20 bits per heavy atom. The zero-order valence-corrected chi connectivity index (χ0v) is 12.2. The summed E-state index contributed by atoms with van der Waals surface area (Å²) < 4.78 is 26.8.